The fraction of sp³-hybridized carbons (Fsp3) is 0.133. The van der Waals surface area contributed by atoms with E-state index in [1.807, 2.05) is 12.1 Å². The van der Waals surface area contributed by atoms with E-state index in [2.05, 4.69) is 26.3 Å². The number of hydrogen-bond donors (Lipinski definition) is 2. The zero-order valence-electron chi connectivity index (χ0n) is 11.2. The number of aromatic amines is 1. The Morgan fingerprint density at radius 3 is 2.81 bits per heavy atom. The van der Waals surface area contributed by atoms with E-state index in [0.717, 1.165) is 23.0 Å². The van der Waals surface area contributed by atoms with Gasteiger partial charge < -0.3 is 10.3 Å². The topological polar surface area (TPSA) is 70.7 Å². The van der Waals surface area contributed by atoms with Crippen LogP contribution in [0.1, 0.15) is 15.9 Å². The average molecular weight is 303 g/mol. The Morgan fingerprint density at radius 1 is 1.19 bits per heavy atom. The first-order chi connectivity index (χ1) is 9.83. The summed E-state index contributed by atoms with van der Waals surface area (Å²) in [5.41, 5.74) is 3.76. The van der Waals surface area contributed by atoms with Gasteiger partial charge in [-0.25, -0.2) is 4.98 Å². The lowest BCUT2D eigenvalue weighted by atomic mass is 10.1. The first-order valence-electron chi connectivity index (χ1n) is 6.43. The van der Waals surface area contributed by atoms with Crippen molar-refractivity contribution in [2.75, 3.05) is 6.54 Å². The number of nitrogens with zero attached hydrogens (tertiary/aromatic N) is 2. The summed E-state index contributed by atoms with van der Waals surface area (Å²) in [6.07, 6.45) is 5.69. The molecule has 1 amide bonds. The molecule has 2 heterocycles. The van der Waals surface area contributed by atoms with E-state index in [-0.39, 0.29) is 18.3 Å². The smallest absolute Gasteiger partial charge is 0.251 e. The van der Waals surface area contributed by atoms with Crippen LogP contribution >= 0.6 is 12.4 Å². The van der Waals surface area contributed by atoms with Gasteiger partial charge in [0.15, 0.2) is 0 Å². The molecule has 0 radical (unpaired) electrons. The van der Waals surface area contributed by atoms with Crippen molar-refractivity contribution < 1.29 is 4.79 Å². The van der Waals surface area contributed by atoms with Gasteiger partial charge in [0.25, 0.3) is 5.91 Å². The number of fused-ring (bicyclic) bond motifs is 1. The third-order valence-electron chi connectivity index (χ3n) is 3.13. The number of benzene rings is 1. The molecule has 5 nitrogen and oxygen atoms in total. The maximum Gasteiger partial charge on any atom is 0.251 e. The summed E-state index contributed by atoms with van der Waals surface area (Å²) in [6.45, 7) is 0.598. The van der Waals surface area contributed by atoms with Crippen LogP contribution in [0.25, 0.3) is 11.0 Å². The first-order valence-corrected chi connectivity index (χ1v) is 6.43. The number of H-pyrrole nitrogens is 1. The Balaban J connectivity index is 0.00000161. The maximum absolute atomic E-state index is 11.9. The third kappa shape index (κ3) is 3.58. The van der Waals surface area contributed by atoms with Crippen LogP contribution in [0.4, 0.5) is 0 Å². The van der Waals surface area contributed by atoms with Gasteiger partial charge >= 0.3 is 0 Å². The Morgan fingerprint density at radius 2 is 2.00 bits per heavy atom. The van der Waals surface area contributed by atoms with Gasteiger partial charge in [0.1, 0.15) is 0 Å². The molecule has 0 spiro atoms. The maximum atomic E-state index is 11.9. The summed E-state index contributed by atoms with van der Waals surface area (Å²) in [5.74, 6) is -0.0741. The van der Waals surface area contributed by atoms with Gasteiger partial charge in [-0.15, -0.1) is 12.4 Å². The molecule has 3 rings (SSSR count). The fourth-order valence-electron chi connectivity index (χ4n) is 2.06. The van der Waals surface area contributed by atoms with Gasteiger partial charge in [-0.05, 0) is 36.2 Å². The highest BCUT2D eigenvalue weighted by atomic mass is 35.5. The molecule has 0 aliphatic heterocycles. The summed E-state index contributed by atoms with van der Waals surface area (Å²) in [5, 5.41) is 2.90. The second kappa shape index (κ2) is 6.85. The van der Waals surface area contributed by atoms with Crippen molar-refractivity contribution in [3.63, 3.8) is 0 Å². The van der Waals surface area contributed by atoms with Crippen LogP contribution in [-0.2, 0) is 6.42 Å². The molecule has 21 heavy (non-hydrogen) atoms. The minimum Gasteiger partial charge on any atom is -0.352 e. The average Bonchev–Trinajstić information content (AvgIpc) is 2.95. The normalized spacial score (nSPS) is 10.1. The Hall–Kier alpha value is -2.40. The van der Waals surface area contributed by atoms with Gasteiger partial charge in [-0.2, -0.15) is 0 Å². The fourth-order valence-corrected chi connectivity index (χ4v) is 2.06. The Labute approximate surface area is 128 Å². The van der Waals surface area contributed by atoms with Crippen LogP contribution < -0.4 is 5.32 Å². The van der Waals surface area contributed by atoms with Crippen LogP contribution in [0.15, 0.2) is 49.1 Å². The molecule has 0 fully saturated rings. The molecule has 0 aliphatic carbocycles. The molecule has 2 N–H and O–H groups in total. The van der Waals surface area contributed by atoms with Crippen LogP contribution in [0.5, 0.6) is 0 Å². The number of amides is 1. The second-order valence-corrected chi connectivity index (χ2v) is 4.50. The van der Waals surface area contributed by atoms with Gasteiger partial charge in [-0.1, -0.05) is 6.07 Å². The van der Waals surface area contributed by atoms with Crippen molar-refractivity contribution in [2.24, 2.45) is 0 Å². The SMILES string of the molecule is Cl.O=C(NCCc1ccc2nc[nH]c2c1)c1ccncc1. The largest absolute Gasteiger partial charge is 0.352 e. The minimum absolute atomic E-state index is 0. The highest BCUT2D eigenvalue weighted by Gasteiger charge is 2.04. The highest BCUT2D eigenvalue weighted by Crippen LogP contribution is 2.11. The van der Waals surface area contributed by atoms with Crippen molar-refractivity contribution >= 4 is 29.3 Å². The molecule has 108 valence electrons. The van der Waals surface area contributed by atoms with E-state index in [4.69, 9.17) is 0 Å². The van der Waals surface area contributed by atoms with Crippen LogP contribution in [0.2, 0.25) is 0 Å². The predicted molar refractivity (Wildman–Crippen MR) is 83.6 cm³/mol. The van der Waals surface area contributed by atoms with Crippen LogP contribution in [0, 0.1) is 0 Å². The number of pyridine rings is 1. The number of halogens is 1. The molecular formula is C15H15ClN4O. The monoisotopic (exact) mass is 302 g/mol. The molecule has 0 aliphatic rings. The summed E-state index contributed by atoms with van der Waals surface area (Å²) < 4.78 is 0. The number of rotatable bonds is 4. The summed E-state index contributed by atoms with van der Waals surface area (Å²) in [7, 11) is 0. The third-order valence-corrected chi connectivity index (χ3v) is 3.13. The standard InChI is InChI=1S/C15H14N4O.ClH/c20-15(12-4-6-16-7-5-12)17-8-3-11-1-2-13-14(9-11)19-10-18-13;/h1-2,4-7,9-10H,3,8H2,(H,17,20)(H,18,19);1H. The summed E-state index contributed by atoms with van der Waals surface area (Å²) in [4.78, 5) is 23.0. The van der Waals surface area contributed by atoms with E-state index in [1.165, 1.54) is 0 Å². The number of imidazole rings is 1. The number of carbonyl (C=O) groups excluding carboxylic acids is 1. The van der Waals surface area contributed by atoms with E-state index >= 15 is 0 Å². The Bertz CT molecular complexity index is 727. The lowest BCUT2D eigenvalue weighted by Crippen LogP contribution is -2.25. The zero-order chi connectivity index (χ0) is 13.8. The van der Waals surface area contributed by atoms with Crippen molar-refractivity contribution in [1.82, 2.24) is 20.3 Å². The van der Waals surface area contributed by atoms with Crippen molar-refractivity contribution in [1.29, 1.82) is 0 Å². The van der Waals surface area contributed by atoms with E-state index in [9.17, 15) is 4.79 Å². The van der Waals surface area contributed by atoms with Crippen LogP contribution in [-0.4, -0.2) is 27.4 Å². The lowest BCUT2D eigenvalue weighted by Gasteiger charge is -2.05. The van der Waals surface area contributed by atoms with E-state index in [1.54, 1.807) is 30.9 Å². The van der Waals surface area contributed by atoms with Gasteiger partial charge in [-0.3, -0.25) is 9.78 Å². The number of hydrogen-bond acceptors (Lipinski definition) is 3. The molecule has 0 unspecified atom stereocenters. The molecule has 0 bridgehead atoms. The summed E-state index contributed by atoms with van der Waals surface area (Å²) >= 11 is 0. The predicted octanol–water partition coefficient (Wildman–Crippen LogP) is 2.35. The van der Waals surface area contributed by atoms with Gasteiger partial charge in [0.2, 0.25) is 0 Å². The number of aromatic nitrogens is 3. The van der Waals surface area contributed by atoms with Crippen molar-refractivity contribution in [2.45, 2.75) is 6.42 Å². The zero-order valence-corrected chi connectivity index (χ0v) is 12.1. The molecule has 2 aromatic heterocycles. The van der Waals surface area contributed by atoms with E-state index in [0.29, 0.717) is 12.1 Å². The molecule has 0 saturated carbocycles. The molecule has 1 aromatic carbocycles. The number of carbonyl (C=O) groups is 1. The lowest BCUT2D eigenvalue weighted by molar-refractivity contribution is 0.0954. The minimum atomic E-state index is -0.0741. The molecule has 6 heteroatoms. The highest BCUT2D eigenvalue weighted by molar-refractivity contribution is 5.93. The quantitative estimate of drug-likeness (QED) is 0.777. The molecule has 3 aromatic rings. The number of nitrogens with one attached hydrogen (secondary N) is 2. The van der Waals surface area contributed by atoms with Crippen molar-refractivity contribution in [3.8, 4) is 0 Å². The molecular weight excluding hydrogens is 288 g/mol. The van der Waals surface area contributed by atoms with Crippen LogP contribution in [0.3, 0.4) is 0 Å². The van der Waals surface area contributed by atoms with Gasteiger partial charge in [0.05, 0.1) is 17.4 Å². The van der Waals surface area contributed by atoms with Gasteiger partial charge in [0, 0.05) is 24.5 Å². The Kier molecular flexibility index (Phi) is 4.90. The van der Waals surface area contributed by atoms with E-state index < -0.39 is 0 Å². The first kappa shape index (κ1) is 15.0. The summed E-state index contributed by atoms with van der Waals surface area (Å²) in [6, 6.07) is 9.46. The molecule has 0 atom stereocenters. The second-order valence-electron chi connectivity index (χ2n) is 4.50. The molecule has 0 saturated heterocycles. The van der Waals surface area contributed by atoms with Crippen molar-refractivity contribution in [3.05, 3.63) is 60.2 Å².